The van der Waals surface area contributed by atoms with E-state index >= 15 is 0 Å². The Morgan fingerprint density at radius 2 is 1.93 bits per heavy atom. The standard InChI is InChI=1S/C35H45ClN2O6S/c1-23-6-4-9-32(39)30-14-11-26(30)21-38-16-3-2-7-24-18-28(36)13-10-27(24)22-44-33-15-12-25(19-31(33)38)35(40)37-45(41,42)34(23)20-29-8-5-17-43-29/h4,9-10,12-13,15,18-19,23,26,29-30,32,34,39H,2-3,5-8,11,14,16-17,20-22H2,1H3,(H,37,40)/b9-4+/t23-,26-,29-,30+,32-,34+/m0/s1. The van der Waals surface area contributed by atoms with Crippen molar-refractivity contribution < 1.29 is 27.8 Å². The molecule has 2 bridgehead atoms. The molecule has 1 saturated carbocycles. The molecule has 2 aromatic carbocycles. The molecule has 3 heterocycles. The Labute approximate surface area is 272 Å². The van der Waals surface area contributed by atoms with Crippen molar-refractivity contribution in [2.24, 2.45) is 17.8 Å². The Morgan fingerprint density at radius 3 is 2.71 bits per heavy atom. The number of rotatable bonds is 2. The van der Waals surface area contributed by atoms with E-state index in [1.165, 1.54) is 5.56 Å². The van der Waals surface area contributed by atoms with Gasteiger partial charge in [0.25, 0.3) is 5.91 Å². The summed E-state index contributed by atoms with van der Waals surface area (Å²) in [4.78, 5) is 15.9. The first-order valence-corrected chi connectivity index (χ1v) is 18.4. The van der Waals surface area contributed by atoms with Crippen LogP contribution < -0.4 is 14.4 Å². The molecule has 1 aliphatic carbocycles. The number of anilines is 1. The average Bonchev–Trinajstić information content (AvgIpc) is 3.50. The van der Waals surface area contributed by atoms with Crippen LogP contribution in [-0.2, 0) is 27.8 Å². The van der Waals surface area contributed by atoms with Gasteiger partial charge in [0.05, 0.1) is 23.1 Å². The smallest absolute Gasteiger partial charge is 0.264 e. The molecule has 8 nitrogen and oxygen atoms in total. The van der Waals surface area contributed by atoms with E-state index < -0.39 is 27.3 Å². The Bertz CT molecular complexity index is 1510. The maximum atomic E-state index is 13.8. The number of carbonyl (C=O) groups is 1. The topological polar surface area (TPSA) is 105 Å². The van der Waals surface area contributed by atoms with Crippen molar-refractivity contribution in [1.29, 1.82) is 0 Å². The van der Waals surface area contributed by atoms with E-state index in [-0.39, 0.29) is 29.4 Å². The van der Waals surface area contributed by atoms with Gasteiger partial charge in [0.2, 0.25) is 10.0 Å². The number of carbonyl (C=O) groups excluding carboxylic acids is 1. The van der Waals surface area contributed by atoms with Crippen molar-refractivity contribution in [2.45, 2.75) is 88.8 Å². The zero-order chi connectivity index (χ0) is 31.6. The van der Waals surface area contributed by atoms with E-state index in [1.807, 2.05) is 37.3 Å². The van der Waals surface area contributed by atoms with Crippen molar-refractivity contribution in [3.05, 3.63) is 70.3 Å². The minimum Gasteiger partial charge on any atom is -0.487 e. The quantitative estimate of drug-likeness (QED) is 0.380. The van der Waals surface area contributed by atoms with Crippen LogP contribution in [0.2, 0.25) is 5.02 Å². The predicted molar refractivity (Wildman–Crippen MR) is 176 cm³/mol. The average molecular weight is 657 g/mol. The van der Waals surface area contributed by atoms with Crippen molar-refractivity contribution in [2.75, 3.05) is 24.6 Å². The molecule has 3 aliphatic heterocycles. The van der Waals surface area contributed by atoms with E-state index in [0.29, 0.717) is 43.4 Å². The lowest BCUT2D eigenvalue weighted by Gasteiger charge is -2.42. The Kier molecular flexibility index (Phi) is 10.1. The summed E-state index contributed by atoms with van der Waals surface area (Å²) < 4.78 is 42.3. The van der Waals surface area contributed by atoms with Crippen molar-refractivity contribution in [3.63, 3.8) is 0 Å². The lowest BCUT2D eigenvalue weighted by molar-refractivity contribution is 0.0460. The van der Waals surface area contributed by atoms with Gasteiger partial charge in [0.15, 0.2) is 0 Å². The summed E-state index contributed by atoms with van der Waals surface area (Å²) in [5.41, 5.74) is 3.28. The third-order valence-corrected chi connectivity index (χ3v) is 12.4. The first-order chi connectivity index (χ1) is 21.7. The van der Waals surface area contributed by atoms with Crippen molar-refractivity contribution in [3.8, 4) is 5.75 Å². The third kappa shape index (κ3) is 7.53. The molecule has 0 aromatic heterocycles. The number of ether oxygens (including phenoxy) is 2. The van der Waals surface area contributed by atoms with Crippen LogP contribution >= 0.6 is 11.6 Å². The normalized spacial score (nSPS) is 31.3. The fourth-order valence-electron chi connectivity index (χ4n) is 7.38. The number of hydrogen-bond donors (Lipinski definition) is 2. The Morgan fingerprint density at radius 1 is 1.07 bits per heavy atom. The molecule has 2 N–H and O–H groups in total. The zero-order valence-corrected chi connectivity index (χ0v) is 27.6. The Balaban J connectivity index is 1.36. The molecule has 10 heteroatoms. The number of fused-ring (bicyclic) bond motifs is 3. The summed E-state index contributed by atoms with van der Waals surface area (Å²) in [6.45, 7) is 4.33. The van der Waals surface area contributed by atoms with Crippen molar-refractivity contribution >= 4 is 33.2 Å². The molecule has 0 unspecified atom stereocenters. The molecule has 6 rings (SSSR count). The maximum absolute atomic E-state index is 13.8. The van der Waals surface area contributed by atoms with Gasteiger partial charge in [-0.25, -0.2) is 13.1 Å². The number of nitrogens with zero attached hydrogens (tertiary/aromatic N) is 1. The number of aryl methyl sites for hydroxylation is 1. The molecule has 6 atom stereocenters. The SMILES string of the molecule is C[C@H]1C/C=C/[C@H](O)[C@@H]2CC[C@H]2CN2CCCCc3cc(Cl)ccc3COc3ccc(cc32)C(=O)NS(=O)(=O)[C@@H]1C[C@@H]1CCCO1. The molecule has 0 radical (unpaired) electrons. The first-order valence-electron chi connectivity index (χ1n) is 16.5. The number of aliphatic hydroxyl groups excluding tert-OH is 1. The van der Waals surface area contributed by atoms with Crippen LogP contribution in [0.25, 0.3) is 0 Å². The highest BCUT2D eigenvalue weighted by Gasteiger charge is 2.38. The monoisotopic (exact) mass is 656 g/mol. The number of benzene rings is 2. The molecule has 45 heavy (non-hydrogen) atoms. The summed E-state index contributed by atoms with van der Waals surface area (Å²) in [6, 6.07) is 11.1. The second-order valence-corrected chi connectivity index (χ2v) is 15.6. The van der Waals surface area contributed by atoms with Gasteiger partial charge in [0.1, 0.15) is 12.4 Å². The minimum atomic E-state index is -4.04. The van der Waals surface area contributed by atoms with E-state index in [2.05, 4.69) is 9.62 Å². The number of aliphatic hydroxyl groups is 1. The molecule has 1 amide bonds. The Hall–Kier alpha value is -2.59. The fraction of sp³-hybridized carbons (Fsp3) is 0.571. The largest absolute Gasteiger partial charge is 0.487 e. The number of hydrogen-bond acceptors (Lipinski definition) is 7. The van der Waals surface area contributed by atoms with E-state index in [4.69, 9.17) is 21.1 Å². The molecule has 0 spiro atoms. The first kappa shape index (κ1) is 32.4. The van der Waals surface area contributed by atoms with Crippen LogP contribution in [0.4, 0.5) is 5.69 Å². The van der Waals surface area contributed by atoms with Crippen LogP contribution in [0.15, 0.2) is 48.6 Å². The van der Waals surface area contributed by atoms with Crippen LogP contribution in [0.3, 0.4) is 0 Å². The van der Waals surface area contributed by atoms with Crippen LogP contribution in [-0.4, -0.2) is 56.6 Å². The number of amides is 1. The number of halogens is 1. The highest BCUT2D eigenvalue weighted by Crippen LogP contribution is 2.41. The molecule has 2 aromatic rings. The second kappa shape index (κ2) is 14.0. The maximum Gasteiger partial charge on any atom is 0.264 e. The van der Waals surface area contributed by atoms with Gasteiger partial charge in [-0.15, -0.1) is 0 Å². The molecular formula is C35H45ClN2O6S. The summed E-state index contributed by atoms with van der Waals surface area (Å²) in [7, 11) is -4.04. The number of allylic oxidation sites excluding steroid dienone is 1. The number of nitrogens with one attached hydrogen (secondary N) is 1. The summed E-state index contributed by atoms with van der Waals surface area (Å²) in [5.74, 6) is 0.128. The van der Waals surface area contributed by atoms with Gasteiger partial charge in [-0.2, -0.15) is 0 Å². The third-order valence-electron chi connectivity index (χ3n) is 10.2. The minimum absolute atomic E-state index is 0.122. The van der Waals surface area contributed by atoms with Gasteiger partial charge in [0, 0.05) is 30.3 Å². The molecular weight excluding hydrogens is 612 g/mol. The lowest BCUT2D eigenvalue weighted by Crippen LogP contribution is -2.44. The molecule has 244 valence electrons. The van der Waals surface area contributed by atoms with Crippen LogP contribution in [0.5, 0.6) is 5.75 Å². The van der Waals surface area contributed by atoms with Crippen LogP contribution in [0, 0.1) is 17.8 Å². The highest BCUT2D eigenvalue weighted by atomic mass is 35.5. The van der Waals surface area contributed by atoms with Gasteiger partial charge in [-0.1, -0.05) is 36.7 Å². The van der Waals surface area contributed by atoms with Gasteiger partial charge < -0.3 is 19.5 Å². The molecule has 1 saturated heterocycles. The van der Waals surface area contributed by atoms with Gasteiger partial charge in [-0.3, -0.25) is 4.79 Å². The van der Waals surface area contributed by atoms with Gasteiger partial charge >= 0.3 is 0 Å². The number of sulfonamides is 1. The summed E-state index contributed by atoms with van der Waals surface area (Å²) in [6.07, 6.45) is 10.3. The van der Waals surface area contributed by atoms with E-state index in [9.17, 15) is 18.3 Å². The zero-order valence-electron chi connectivity index (χ0n) is 26.0. The fourth-order valence-corrected chi connectivity index (χ4v) is 9.29. The summed E-state index contributed by atoms with van der Waals surface area (Å²) >= 11 is 6.33. The van der Waals surface area contributed by atoms with E-state index in [1.54, 1.807) is 18.2 Å². The van der Waals surface area contributed by atoms with Crippen LogP contribution in [0.1, 0.15) is 79.8 Å². The highest BCUT2D eigenvalue weighted by molar-refractivity contribution is 7.90. The van der Waals surface area contributed by atoms with Crippen molar-refractivity contribution in [1.82, 2.24) is 4.72 Å². The lowest BCUT2D eigenvalue weighted by atomic mass is 9.70. The molecule has 4 aliphatic rings. The van der Waals surface area contributed by atoms with Gasteiger partial charge in [-0.05, 0) is 117 Å². The molecule has 2 fully saturated rings. The second-order valence-electron chi connectivity index (χ2n) is 13.3. The predicted octanol–water partition coefficient (Wildman–Crippen LogP) is 6.04. The van der Waals surface area contributed by atoms with E-state index in [0.717, 1.165) is 62.7 Å². The summed E-state index contributed by atoms with van der Waals surface area (Å²) in [5, 5.41) is 11.1.